The quantitative estimate of drug-likeness (QED) is 0.563. The first-order valence-corrected chi connectivity index (χ1v) is 4.89. The van der Waals surface area contributed by atoms with Gasteiger partial charge in [-0.3, -0.25) is 9.59 Å². The van der Waals surface area contributed by atoms with E-state index in [1.165, 1.54) is 25.1 Å². The molecule has 3 heteroatoms. The van der Waals surface area contributed by atoms with E-state index in [0.29, 0.717) is 6.42 Å². The largest absolute Gasteiger partial charge is 0.299 e. The van der Waals surface area contributed by atoms with Crippen molar-refractivity contribution in [1.82, 2.24) is 0 Å². The zero-order chi connectivity index (χ0) is 11.4. The van der Waals surface area contributed by atoms with Gasteiger partial charge in [0, 0.05) is 6.42 Å². The van der Waals surface area contributed by atoms with Gasteiger partial charge >= 0.3 is 0 Å². The van der Waals surface area contributed by atoms with Crippen LogP contribution in [0.15, 0.2) is 24.3 Å². The van der Waals surface area contributed by atoms with Crippen molar-refractivity contribution in [3.05, 3.63) is 35.6 Å². The van der Waals surface area contributed by atoms with Crippen LogP contribution in [0.4, 0.5) is 4.39 Å². The molecule has 1 aromatic rings. The molecule has 0 saturated carbocycles. The summed E-state index contributed by atoms with van der Waals surface area (Å²) in [7, 11) is 0. The smallest absolute Gasteiger partial charge is 0.175 e. The van der Waals surface area contributed by atoms with Crippen LogP contribution in [0.3, 0.4) is 0 Å². The van der Waals surface area contributed by atoms with Gasteiger partial charge < -0.3 is 0 Å². The van der Waals surface area contributed by atoms with Crippen molar-refractivity contribution in [2.45, 2.75) is 20.3 Å². The Kier molecular flexibility index (Phi) is 3.72. The second-order valence-electron chi connectivity index (χ2n) is 3.39. The molecule has 0 radical (unpaired) electrons. The minimum atomic E-state index is -0.758. The average molecular weight is 208 g/mol. The van der Waals surface area contributed by atoms with E-state index in [0.717, 1.165) is 0 Å². The molecule has 1 aromatic carbocycles. The molecule has 0 aromatic heterocycles. The Morgan fingerprint density at radius 3 is 2.47 bits per heavy atom. The van der Waals surface area contributed by atoms with Crippen LogP contribution < -0.4 is 0 Å². The molecular formula is C12H13FO2. The van der Waals surface area contributed by atoms with E-state index in [1.54, 1.807) is 13.0 Å². The van der Waals surface area contributed by atoms with Crippen LogP contribution in [0.25, 0.3) is 0 Å². The first kappa shape index (κ1) is 11.6. The molecule has 1 atom stereocenters. The molecule has 0 amide bonds. The Bertz CT molecular complexity index is 385. The van der Waals surface area contributed by atoms with Crippen LogP contribution in [0, 0.1) is 11.7 Å². The summed E-state index contributed by atoms with van der Waals surface area (Å²) in [6, 6.07) is 5.71. The lowest BCUT2D eigenvalue weighted by atomic mass is 9.94. The molecule has 15 heavy (non-hydrogen) atoms. The maximum Gasteiger partial charge on any atom is 0.175 e. The summed E-state index contributed by atoms with van der Waals surface area (Å²) in [5.74, 6) is -1.94. The van der Waals surface area contributed by atoms with Crippen molar-refractivity contribution < 1.29 is 14.0 Å². The molecule has 1 unspecified atom stereocenters. The number of ketones is 2. The summed E-state index contributed by atoms with van der Waals surface area (Å²) in [4.78, 5) is 23.0. The van der Waals surface area contributed by atoms with Crippen LogP contribution in [0.1, 0.15) is 30.6 Å². The van der Waals surface area contributed by atoms with Crippen LogP contribution >= 0.6 is 0 Å². The number of benzene rings is 1. The van der Waals surface area contributed by atoms with Crippen LogP contribution in [-0.4, -0.2) is 11.6 Å². The molecule has 0 spiro atoms. The topological polar surface area (TPSA) is 34.1 Å². The normalized spacial score (nSPS) is 12.2. The molecule has 1 rings (SSSR count). The van der Waals surface area contributed by atoms with Gasteiger partial charge in [0.15, 0.2) is 5.78 Å². The number of Topliss-reactive ketones (excluding diaryl/α,β-unsaturated/α-hetero) is 2. The fraction of sp³-hybridized carbons (Fsp3) is 0.333. The van der Waals surface area contributed by atoms with Gasteiger partial charge in [0.05, 0.1) is 11.5 Å². The SMILES string of the molecule is CCC(=O)C(C)C(=O)c1ccccc1F. The van der Waals surface area contributed by atoms with Crippen LogP contribution in [0.5, 0.6) is 0 Å². The van der Waals surface area contributed by atoms with Gasteiger partial charge in [-0.25, -0.2) is 4.39 Å². The molecule has 0 saturated heterocycles. The lowest BCUT2D eigenvalue weighted by Gasteiger charge is -2.08. The third kappa shape index (κ3) is 2.49. The highest BCUT2D eigenvalue weighted by molar-refractivity contribution is 6.10. The first-order chi connectivity index (χ1) is 7.07. The predicted octanol–water partition coefficient (Wildman–Crippen LogP) is 2.62. The van der Waals surface area contributed by atoms with Gasteiger partial charge in [0.25, 0.3) is 0 Å². The number of hydrogen-bond donors (Lipinski definition) is 0. The second-order valence-corrected chi connectivity index (χ2v) is 3.39. The molecule has 0 aliphatic heterocycles. The fourth-order valence-corrected chi connectivity index (χ4v) is 1.35. The van der Waals surface area contributed by atoms with E-state index in [2.05, 4.69) is 0 Å². The van der Waals surface area contributed by atoms with E-state index in [-0.39, 0.29) is 11.3 Å². The van der Waals surface area contributed by atoms with Crippen molar-refractivity contribution in [2.24, 2.45) is 5.92 Å². The maximum absolute atomic E-state index is 13.2. The van der Waals surface area contributed by atoms with E-state index in [1.807, 2.05) is 0 Å². The summed E-state index contributed by atoms with van der Waals surface area (Å²) >= 11 is 0. The zero-order valence-electron chi connectivity index (χ0n) is 8.79. The lowest BCUT2D eigenvalue weighted by Crippen LogP contribution is -2.21. The lowest BCUT2D eigenvalue weighted by molar-refractivity contribution is -0.120. The van der Waals surface area contributed by atoms with Gasteiger partial charge in [-0.2, -0.15) is 0 Å². The number of carbonyl (C=O) groups is 2. The zero-order valence-corrected chi connectivity index (χ0v) is 8.79. The molecule has 0 N–H and O–H groups in total. The number of halogens is 1. The number of rotatable bonds is 4. The molecule has 80 valence electrons. The Hall–Kier alpha value is -1.51. The number of carbonyl (C=O) groups excluding carboxylic acids is 2. The second kappa shape index (κ2) is 4.82. The monoisotopic (exact) mass is 208 g/mol. The van der Waals surface area contributed by atoms with Gasteiger partial charge in [0.2, 0.25) is 0 Å². The highest BCUT2D eigenvalue weighted by atomic mass is 19.1. The molecular weight excluding hydrogens is 195 g/mol. The minimum absolute atomic E-state index is 0.00759. The molecule has 0 fully saturated rings. The van der Waals surface area contributed by atoms with Crippen LogP contribution in [0.2, 0.25) is 0 Å². The van der Waals surface area contributed by atoms with Crippen LogP contribution in [-0.2, 0) is 4.79 Å². The number of hydrogen-bond acceptors (Lipinski definition) is 2. The van der Waals surface area contributed by atoms with Crippen molar-refractivity contribution >= 4 is 11.6 Å². The molecule has 0 heterocycles. The summed E-state index contributed by atoms with van der Waals surface area (Å²) in [5, 5.41) is 0. The fourth-order valence-electron chi connectivity index (χ4n) is 1.35. The Labute approximate surface area is 88.1 Å². The summed E-state index contributed by atoms with van der Waals surface area (Å²) in [5.41, 5.74) is -0.00759. The molecule has 0 bridgehead atoms. The van der Waals surface area contributed by atoms with E-state index >= 15 is 0 Å². The maximum atomic E-state index is 13.2. The van der Waals surface area contributed by atoms with Gasteiger partial charge in [-0.1, -0.05) is 19.1 Å². The standard InChI is InChI=1S/C12H13FO2/c1-3-11(14)8(2)12(15)9-6-4-5-7-10(9)13/h4-8H,3H2,1-2H3. The van der Waals surface area contributed by atoms with Gasteiger partial charge in [-0.15, -0.1) is 0 Å². The predicted molar refractivity (Wildman–Crippen MR) is 55.2 cm³/mol. The average Bonchev–Trinajstić information content (AvgIpc) is 2.26. The highest BCUT2D eigenvalue weighted by Gasteiger charge is 2.23. The third-order valence-electron chi connectivity index (χ3n) is 2.36. The summed E-state index contributed by atoms with van der Waals surface area (Å²) in [6.45, 7) is 3.20. The Balaban J connectivity index is 2.95. The van der Waals surface area contributed by atoms with Crippen molar-refractivity contribution in [1.29, 1.82) is 0 Å². The van der Waals surface area contributed by atoms with E-state index < -0.39 is 17.5 Å². The Morgan fingerprint density at radius 2 is 1.93 bits per heavy atom. The van der Waals surface area contributed by atoms with Gasteiger partial charge in [-0.05, 0) is 19.1 Å². The van der Waals surface area contributed by atoms with Gasteiger partial charge in [0.1, 0.15) is 11.6 Å². The van der Waals surface area contributed by atoms with E-state index in [4.69, 9.17) is 0 Å². The van der Waals surface area contributed by atoms with E-state index in [9.17, 15) is 14.0 Å². The molecule has 2 nitrogen and oxygen atoms in total. The van der Waals surface area contributed by atoms with Crippen molar-refractivity contribution in [3.63, 3.8) is 0 Å². The van der Waals surface area contributed by atoms with Crippen molar-refractivity contribution in [2.75, 3.05) is 0 Å². The summed E-state index contributed by atoms with van der Waals surface area (Å²) < 4.78 is 13.2. The molecule has 0 aliphatic rings. The Morgan fingerprint density at radius 1 is 1.33 bits per heavy atom. The highest BCUT2D eigenvalue weighted by Crippen LogP contribution is 2.14. The summed E-state index contributed by atoms with van der Waals surface area (Å²) in [6.07, 6.45) is 0.293. The van der Waals surface area contributed by atoms with Crippen molar-refractivity contribution in [3.8, 4) is 0 Å². The third-order valence-corrected chi connectivity index (χ3v) is 2.36. The first-order valence-electron chi connectivity index (χ1n) is 4.89. The minimum Gasteiger partial charge on any atom is -0.299 e. The molecule has 0 aliphatic carbocycles.